The van der Waals surface area contributed by atoms with Gasteiger partial charge in [-0.25, -0.2) is 14.1 Å². The molecule has 2 aliphatic rings. The van der Waals surface area contributed by atoms with Gasteiger partial charge in [0.15, 0.2) is 5.69 Å². The average molecular weight is 431 g/mol. The topological polar surface area (TPSA) is 68.0 Å². The maximum absolute atomic E-state index is 14.4. The first-order chi connectivity index (χ1) is 14.1. The van der Waals surface area contributed by atoms with Gasteiger partial charge in [-0.2, -0.15) is 5.10 Å². The van der Waals surface area contributed by atoms with Crippen LogP contribution in [0.15, 0.2) is 36.7 Å². The van der Waals surface area contributed by atoms with Crippen LogP contribution in [0, 0.1) is 5.82 Å². The molecule has 0 saturated carbocycles. The van der Waals surface area contributed by atoms with Gasteiger partial charge >= 0.3 is 0 Å². The third-order valence-corrected chi connectivity index (χ3v) is 5.87. The van der Waals surface area contributed by atoms with Crippen molar-refractivity contribution in [2.45, 2.75) is 25.3 Å². The summed E-state index contributed by atoms with van der Waals surface area (Å²) in [6, 6.07) is 6.42. The minimum Gasteiger partial charge on any atom is -0.336 e. The smallest absolute Gasteiger partial charge is 0.275 e. The fourth-order valence-corrected chi connectivity index (χ4v) is 4.44. The van der Waals surface area contributed by atoms with Gasteiger partial charge in [0.05, 0.1) is 0 Å². The van der Waals surface area contributed by atoms with Crippen molar-refractivity contribution in [3.63, 3.8) is 0 Å². The Morgan fingerprint density at radius 2 is 2.10 bits per heavy atom. The molecular weight excluding hydrogens is 407 g/mol. The molecular formula is C21H24ClFN6O. The number of hydrogen-bond acceptors (Lipinski definition) is 4. The minimum atomic E-state index is -0.336. The molecule has 2 aromatic heterocycles. The molecule has 1 aromatic carbocycles. The van der Waals surface area contributed by atoms with Crippen molar-refractivity contribution in [1.82, 2.24) is 29.5 Å². The van der Waals surface area contributed by atoms with E-state index in [0.29, 0.717) is 24.5 Å². The molecule has 9 heteroatoms. The molecule has 1 aliphatic carbocycles. The van der Waals surface area contributed by atoms with Crippen molar-refractivity contribution in [2.24, 2.45) is 7.05 Å². The summed E-state index contributed by atoms with van der Waals surface area (Å²) in [6.07, 6.45) is 6.18. The number of para-hydroxylation sites is 1. The molecule has 3 aromatic rings. The highest BCUT2D eigenvalue weighted by Gasteiger charge is 2.35. The molecule has 1 N–H and O–H groups in total. The number of benzene rings is 1. The van der Waals surface area contributed by atoms with Gasteiger partial charge in [-0.3, -0.25) is 4.79 Å². The van der Waals surface area contributed by atoms with Crippen LogP contribution in [0.2, 0.25) is 0 Å². The predicted octanol–water partition coefficient (Wildman–Crippen LogP) is 2.44. The number of aryl methyl sites for hydroxylation is 1. The van der Waals surface area contributed by atoms with Crippen molar-refractivity contribution in [3.8, 4) is 5.69 Å². The lowest BCUT2D eigenvalue weighted by molar-refractivity contribution is 0.0613. The zero-order valence-corrected chi connectivity index (χ0v) is 17.5. The number of carbonyl (C=O) groups is 1. The van der Waals surface area contributed by atoms with Crippen LogP contribution in [0.1, 0.15) is 40.0 Å². The SMILES string of the molecule is Cl.Cn1ccnc1C1CNCCN1C(=O)c1nn(-c2ccccc2F)c2c1CCC2. The first-order valence-corrected chi connectivity index (χ1v) is 9.99. The van der Waals surface area contributed by atoms with E-state index in [1.165, 1.54) is 6.07 Å². The number of halogens is 2. The Morgan fingerprint density at radius 3 is 2.87 bits per heavy atom. The highest BCUT2D eigenvalue weighted by molar-refractivity contribution is 5.94. The Labute approximate surface area is 180 Å². The van der Waals surface area contributed by atoms with Crippen molar-refractivity contribution in [2.75, 3.05) is 19.6 Å². The first-order valence-electron chi connectivity index (χ1n) is 9.99. The molecule has 30 heavy (non-hydrogen) atoms. The maximum atomic E-state index is 14.4. The van der Waals surface area contributed by atoms with Crippen LogP contribution < -0.4 is 5.32 Å². The highest BCUT2D eigenvalue weighted by Crippen LogP contribution is 2.31. The monoisotopic (exact) mass is 430 g/mol. The lowest BCUT2D eigenvalue weighted by atomic mass is 10.1. The van der Waals surface area contributed by atoms with Crippen LogP contribution in [-0.4, -0.2) is 49.8 Å². The van der Waals surface area contributed by atoms with Gasteiger partial charge in [0.2, 0.25) is 0 Å². The van der Waals surface area contributed by atoms with Crippen molar-refractivity contribution >= 4 is 18.3 Å². The van der Waals surface area contributed by atoms with Crippen LogP contribution in [0.3, 0.4) is 0 Å². The van der Waals surface area contributed by atoms with Crippen LogP contribution >= 0.6 is 12.4 Å². The number of piperazine rings is 1. The van der Waals surface area contributed by atoms with Gasteiger partial charge in [0.1, 0.15) is 23.4 Å². The fraction of sp³-hybridized carbons (Fsp3) is 0.381. The van der Waals surface area contributed by atoms with E-state index < -0.39 is 0 Å². The van der Waals surface area contributed by atoms with Gasteiger partial charge < -0.3 is 14.8 Å². The van der Waals surface area contributed by atoms with E-state index in [1.807, 2.05) is 22.7 Å². The maximum Gasteiger partial charge on any atom is 0.275 e. The molecule has 1 saturated heterocycles. The summed E-state index contributed by atoms with van der Waals surface area (Å²) < 4.78 is 18.0. The summed E-state index contributed by atoms with van der Waals surface area (Å²) in [6.45, 7) is 1.95. The van der Waals surface area contributed by atoms with E-state index in [2.05, 4.69) is 15.4 Å². The van der Waals surface area contributed by atoms with Crippen molar-refractivity contribution < 1.29 is 9.18 Å². The summed E-state index contributed by atoms with van der Waals surface area (Å²) >= 11 is 0. The van der Waals surface area contributed by atoms with Crippen molar-refractivity contribution in [3.05, 3.63) is 65.3 Å². The third kappa shape index (κ3) is 3.30. The number of rotatable bonds is 3. The van der Waals surface area contributed by atoms with Crippen LogP contribution in [-0.2, 0) is 19.9 Å². The van der Waals surface area contributed by atoms with E-state index >= 15 is 0 Å². The molecule has 1 amide bonds. The molecule has 7 nitrogen and oxygen atoms in total. The number of nitrogens with one attached hydrogen (secondary N) is 1. The lowest BCUT2D eigenvalue weighted by Crippen LogP contribution is -2.49. The zero-order chi connectivity index (χ0) is 20.0. The van der Waals surface area contributed by atoms with Crippen LogP contribution in [0.5, 0.6) is 0 Å². The predicted molar refractivity (Wildman–Crippen MR) is 113 cm³/mol. The average Bonchev–Trinajstić information content (AvgIpc) is 3.45. The summed E-state index contributed by atoms with van der Waals surface area (Å²) in [5.41, 5.74) is 2.74. The lowest BCUT2D eigenvalue weighted by Gasteiger charge is -2.35. The fourth-order valence-electron chi connectivity index (χ4n) is 4.44. The van der Waals surface area contributed by atoms with E-state index in [1.54, 1.807) is 29.1 Å². The Bertz CT molecular complexity index is 1080. The van der Waals surface area contributed by atoms with Gasteiger partial charge in [0.25, 0.3) is 5.91 Å². The number of fused-ring (bicyclic) bond motifs is 1. The summed E-state index contributed by atoms with van der Waals surface area (Å²) in [5, 5.41) is 7.97. The van der Waals surface area contributed by atoms with E-state index in [-0.39, 0.29) is 30.2 Å². The Kier molecular flexibility index (Phi) is 5.62. The second-order valence-electron chi connectivity index (χ2n) is 7.61. The molecule has 0 radical (unpaired) electrons. The largest absolute Gasteiger partial charge is 0.336 e. The third-order valence-electron chi connectivity index (χ3n) is 5.87. The van der Waals surface area contributed by atoms with E-state index in [4.69, 9.17) is 0 Å². The van der Waals surface area contributed by atoms with Crippen molar-refractivity contribution in [1.29, 1.82) is 0 Å². The molecule has 1 unspecified atom stereocenters. The summed E-state index contributed by atoms with van der Waals surface area (Å²) in [5.74, 6) is 0.403. The number of imidazole rings is 1. The molecule has 3 heterocycles. The second kappa shape index (κ2) is 8.20. The summed E-state index contributed by atoms with van der Waals surface area (Å²) in [4.78, 5) is 19.9. The molecule has 1 atom stereocenters. The number of aromatic nitrogens is 4. The van der Waals surface area contributed by atoms with Crippen LogP contribution in [0.25, 0.3) is 5.69 Å². The first kappa shape index (κ1) is 20.6. The number of carbonyl (C=O) groups excluding carboxylic acids is 1. The molecule has 1 fully saturated rings. The standard InChI is InChI=1S/C21H23FN6O.ClH/c1-26-11-10-24-20(26)18-13-23-9-12-27(18)21(29)19-14-5-4-8-16(14)28(25-19)17-7-3-2-6-15(17)22;/h2-3,6-7,10-11,18,23H,4-5,8-9,12-13H2,1H3;1H. The Morgan fingerprint density at radius 1 is 1.27 bits per heavy atom. The number of amides is 1. The Balaban J connectivity index is 0.00000218. The molecule has 0 bridgehead atoms. The normalized spacial score (nSPS) is 18.2. The molecule has 5 rings (SSSR count). The van der Waals surface area contributed by atoms with Gasteiger partial charge in [-0.15, -0.1) is 12.4 Å². The Hall–Kier alpha value is -2.71. The number of hydrogen-bond donors (Lipinski definition) is 1. The number of nitrogens with zero attached hydrogens (tertiary/aromatic N) is 5. The van der Waals surface area contributed by atoms with Gasteiger partial charge in [0, 0.05) is 50.3 Å². The quantitative estimate of drug-likeness (QED) is 0.693. The zero-order valence-electron chi connectivity index (χ0n) is 16.7. The van der Waals surface area contributed by atoms with Gasteiger partial charge in [-0.1, -0.05) is 12.1 Å². The van der Waals surface area contributed by atoms with E-state index in [0.717, 1.165) is 42.9 Å². The molecule has 1 aliphatic heterocycles. The minimum absolute atomic E-state index is 0. The van der Waals surface area contributed by atoms with Gasteiger partial charge in [-0.05, 0) is 31.4 Å². The summed E-state index contributed by atoms with van der Waals surface area (Å²) in [7, 11) is 1.93. The molecule has 0 spiro atoms. The molecule has 158 valence electrons. The second-order valence-corrected chi connectivity index (χ2v) is 7.61. The highest BCUT2D eigenvalue weighted by atomic mass is 35.5. The van der Waals surface area contributed by atoms with E-state index in [9.17, 15) is 9.18 Å². The van der Waals surface area contributed by atoms with Crippen LogP contribution in [0.4, 0.5) is 4.39 Å².